The molecule has 0 saturated carbocycles. The van der Waals surface area contributed by atoms with Gasteiger partial charge in [0.2, 0.25) is 0 Å². The minimum atomic E-state index is 0.543. The molecule has 0 aliphatic rings. The van der Waals surface area contributed by atoms with Crippen molar-refractivity contribution in [3.63, 3.8) is 0 Å². The van der Waals surface area contributed by atoms with Gasteiger partial charge in [0.05, 0.1) is 5.69 Å². The van der Waals surface area contributed by atoms with Crippen LogP contribution in [-0.4, -0.2) is 9.78 Å². The minimum Gasteiger partial charge on any atom is -0.275 e. The number of nitrogens with zero attached hydrogens (tertiary/aromatic N) is 2. The molecular weight excluding hydrogens is 124 g/mol. The number of hydrogen-bond acceptors (Lipinski definition) is 1. The quantitative estimate of drug-likeness (QED) is 0.579. The summed E-state index contributed by atoms with van der Waals surface area (Å²) < 4.78 is 1.87. The summed E-state index contributed by atoms with van der Waals surface area (Å²) in [6.45, 7) is 6.42. The smallest absolute Gasteiger partial charge is 0.0678 e. The van der Waals surface area contributed by atoms with Gasteiger partial charge in [0.25, 0.3) is 0 Å². The highest BCUT2D eigenvalue weighted by molar-refractivity contribution is 5.17. The highest BCUT2D eigenvalue weighted by atomic mass is 15.2. The van der Waals surface area contributed by atoms with E-state index in [1.807, 2.05) is 11.7 Å². The summed E-state index contributed by atoms with van der Waals surface area (Å²) in [6, 6.07) is 0. The van der Waals surface area contributed by atoms with Crippen molar-refractivity contribution in [3.05, 3.63) is 17.5 Å². The normalized spacial score (nSPS) is 10.9. The lowest BCUT2D eigenvalue weighted by atomic mass is 10.1. The Bertz CT molecular complexity index is 223. The first kappa shape index (κ1) is 7.32. The summed E-state index contributed by atoms with van der Waals surface area (Å²) >= 11 is 0. The summed E-state index contributed by atoms with van der Waals surface area (Å²) in [4.78, 5) is 0. The standard InChI is InChI=1S/C8H14N2/c1-6(2)8-7(3)5-10(4)9-8/h5-6H,1-4H3. The van der Waals surface area contributed by atoms with Gasteiger partial charge in [0, 0.05) is 13.2 Å². The third kappa shape index (κ3) is 1.20. The molecule has 0 saturated heterocycles. The van der Waals surface area contributed by atoms with Crippen LogP contribution in [0.5, 0.6) is 0 Å². The molecule has 1 aromatic heterocycles. The average molecular weight is 138 g/mol. The monoisotopic (exact) mass is 138 g/mol. The number of hydrogen-bond donors (Lipinski definition) is 0. The second-order valence-electron chi connectivity index (χ2n) is 3.03. The summed E-state index contributed by atoms with van der Waals surface area (Å²) in [5.74, 6) is 0.543. The second kappa shape index (κ2) is 2.45. The third-order valence-electron chi connectivity index (χ3n) is 1.60. The molecule has 1 aromatic rings. The zero-order chi connectivity index (χ0) is 7.72. The maximum Gasteiger partial charge on any atom is 0.0678 e. The van der Waals surface area contributed by atoms with Crippen LogP contribution in [0.4, 0.5) is 0 Å². The predicted molar refractivity (Wildman–Crippen MR) is 42.0 cm³/mol. The third-order valence-corrected chi connectivity index (χ3v) is 1.60. The van der Waals surface area contributed by atoms with Gasteiger partial charge in [0.1, 0.15) is 0 Å². The van der Waals surface area contributed by atoms with E-state index >= 15 is 0 Å². The van der Waals surface area contributed by atoms with Gasteiger partial charge in [-0.25, -0.2) is 0 Å². The van der Waals surface area contributed by atoms with Gasteiger partial charge < -0.3 is 0 Å². The lowest BCUT2D eigenvalue weighted by Gasteiger charge is -1.98. The maximum atomic E-state index is 4.33. The van der Waals surface area contributed by atoms with Crippen LogP contribution in [0.2, 0.25) is 0 Å². The Labute approximate surface area is 61.9 Å². The Hall–Kier alpha value is -0.790. The van der Waals surface area contributed by atoms with Gasteiger partial charge in [-0.2, -0.15) is 5.10 Å². The Morgan fingerprint density at radius 2 is 2.10 bits per heavy atom. The molecule has 0 amide bonds. The Kier molecular flexibility index (Phi) is 1.79. The zero-order valence-corrected chi connectivity index (χ0v) is 7.05. The molecular formula is C8H14N2. The molecule has 0 spiro atoms. The second-order valence-corrected chi connectivity index (χ2v) is 3.03. The van der Waals surface area contributed by atoms with Crippen molar-refractivity contribution in [3.8, 4) is 0 Å². The fraction of sp³-hybridized carbons (Fsp3) is 0.625. The van der Waals surface area contributed by atoms with Crippen LogP contribution in [0.3, 0.4) is 0 Å². The van der Waals surface area contributed by atoms with Crippen LogP contribution in [0.15, 0.2) is 6.20 Å². The van der Waals surface area contributed by atoms with Gasteiger partial charge >= 0.3 is 0 Å². The van der Waals surface area contributed by atoms with E-state index in [4.69, 9.17) is 0 Å². The van der Waals surface area contributed by atoms with Crippen molar-refractivity contribution in [2.45, 2.75) is 26.7 Å². The van der Waals surface area contributed by atoms with E-state index in [0.717, 1.165) is 0 Å². The highest BCUT2D eigenvalue weighted by Gasteiger charge is 2.05. The Balaban J connectivity index is 3.03. The van der Waals surface area contributed by atoms with Gasteiger partial charge in [-0.05, 0) is 18.4 Å². The molecule has 0 aromatic carbocycles. The molecule has 0 atom stereocenters. The SMILES string of the molecule is Cc1cn(C)nc1C(C)C. The molecule has 56 valence electrons. The zero-order valence-electron chi connectivity index (χ0n) is 7.05. The highest BCUT2D eigenvalue weighted by Crippen LogP contribution is 2.15. The number of aryl methyl sites for hydroxylation is 2. The minimum absolute atomic E-state index is 0.543. The largest absolute Gasteiger partial charge is 0.275 e. The molecule has 1 rings (SSSR count). The van der Waals surface area contributed by atoms with Crippen molar-refractivity contribution < 1.29 is 0 Å². The Morgan fingerprint density at radius 1 is 1.50 bits per heavy atom. The lowest BCUT2D eigenvalue weighted by Crippen LogP contribution is -1.93. The van der Waals surface area contributed by atoms with Crippen LogP contribution < -0.4 is 0 Å². The van der Waals surface area contributed by atoms with Gasteiger partial charge in [0.15, 0.2) is 0 Å². The van der Waals surface area contributed by atoms with E-state index in [2.05, 4.69) is 32.1 Å². The van der Waals surface area contributed by atoms with E-state index in [9.17, 15) is 0 Å². The molecule has 0 bridgehead atoms. The topological polar surface area (TPSA) is 17.8 Å². The van der Waals surface area contributed by atoms with Crippen LogP contribution in [-0.2, 0) is 7.05 Å². The fourth-order valence-electron chi connectivity index (χ4n) is 1.19. The Morgan fingerprint density at radius 3 is 2.30 bits per heavy atom. The van der Waals surface area contributed by atoms with Crippen molar-refractivity contribution >= 4 is 0 Å². The summed E-state index contributed by atoms with van der Waals surface area (Å²) in [6.07, 6.45) is 2.05. The van der Waals surface area contributed by atoms with Crippen LogP contribution in [0.1, 0.15) is 31.0 Å². The predicted octanol–water partition coefficient (Wildman–Crippen LogP) is 1.85. The van der Waals surface area contributed by atoms with E-state index < -0.39 is 0 Å². The maximum absolute atomic E-state index is 4.33. The summed E-state index contributed by atoms with van der Waals surface area (Å²) in [7, 11) is 1.96. The van der Waals surface area contributed by atoms with E-state index in [0.29, 0.717) is 5.92 Å². The first-order valence-corrected chi connectivity index (χ1v) is 3.61. The van der Waals surface area contributed by atoms with Crippen LogP contribution in [0, 0.1) is 6.92 Å². The van der Waals surface area contributed by atoms with Crippen LogP contribution >= 0.6 is 0 Å². The molecule has 2 nitrogen and oxygen atoms in total. The lowest BCUT2D eigenvalue weighted by molar-refractivity contribution is 0.712. The molecule has 2 heteroatoms. The fourth-order valence-corrected chi connectivity index (χ4v) is 1.19. The van der Waals surface area contributed by atoms with Crippen LogP contribution in [0.25, 0.3) is 0 Å². The van der Waals surface area contributed by atoms with Gasteiger partial charge in [-0.15, -0.1) is 0 Å². The van der Waals surface area contributed by atoms with Crippen molar-refractivity contribution in [1.29, 1.82) is 0 Å². The van der Waals surface area contributed by atoms with E-state index in [1.54, 1.807) is 0 Å². The molecule has 1 heterocycles. The molecule has 0 radical (unpaired) electrons. The van der Waals surface area contributed by atoms with Gasteiger partial charge in [-0.1, -0.05) is 13.8 Å². The van der Waals surface area contributed by atoms with Gasteiger partial charge in [-0.3, -0.25) is 4.68 Å². The molecule has 10 heavy (non-hydrogen) atoms. The van der Waals surface area contributed by atoms with E-state index in [1.165, 1.54) is 11.3 Å². The molecule has 0 aliphatic carbocycles. The summed E-state index contributed by atoms with van der Waals surface area (Å²) in [5.41, 5.74) is 2.50. The molecule has 0 aliphatic heterocycles. The first-order valence-electron chi connectivity index (χ1n) is 3.61. The van der Waals surface area contributed by atoms with Crippen molar-refractivity contribution in [1.82, 2.24) is 9.78 Å². The first-order chi connectivity index (χ1) is 4.61. The summed E-state index contributed by atoms with van der Waals surface area (Å²) in [5, 5.41) is 4.33. The average Bonchev–Trinajstić information content (AvgIpc) is 2.10. The van der Waals surface area contributed by atoms with Crippen molar-refractivity contribution in [2.75, 3.05) is 0 Å². The molecule has 0 fully saturated rings. The number of aromatic nitrogens is 2. The van der Waals surface area contributed by atoms with E-state index in [-0.39, 0.29) is 0 Å². The molecule has 0 N–H and O–H groups in total. The van der Waals surface area contributed by atoms with Crippen molar-refractivity contribution in [2.24, 2.45) is 7.05 Å². The number of rotatable bonds is 1. The molecule has 0 unspecified atom stereocenters.